The smallest absolute Gasteiger partial charge is 0.414 e. The van der Waals surface area contributed by atoms with Crippen LogP contribution in [0, 0.1) is 0 Å². The SMILES string of the molecule is CCCN1CCCc2cc(CNC)ccc21.O=C(O)C(=O)O. The van der Waals surface area contributed by atoms with Crippen molar-refractivity contribution in [1.82, 2.24) is 5.32 Å². The number of hydrogen-bond donors (Lipinski definition) is 3. The van der Waals surface area contributed by atoms with E-state index in [9.17, 15) is 0 Å². The summed E-state index contributed by atoms with van der Waals surface area (Å²) in [7, 11) is 2.00. The molecule has 122 valence electrons. The van der Waals surface area contributed by atoms with Gasteiger partial charge >= 0.3 is 11.9 Å². The van der Waals surface area contributed by atoms with Crippen LogP contribution in [-0.2, 0) is 22.6 Å². The Labute approximate surface area is 130 Å². The lowest BCUT2D eigenvalue weighted by molar-refractivity contribution is -0.159. The summed E-state index contributed by atoms with van der Waals surface area (Å²) in [6.45, 7) is 5.65. The summed E-state index contributed by atoms with van der Waals surface area (Å²) in [4.78, 5) is 20.7. The van der Waals surface area contributed by atoms with Crippen LogP contribution in [0.25, 0.3) is 0 Å². The number of anilines is 1. The maximum Gasteiger partial charge on any atom is 0.414 e. The third kappa shape index (κ3) is 5.37. The highest BCUT2D eigenvalue weighted by Gasteiger charge is 2.15. The van der Waals surface area contributed by atoms with Crippen LogP contribution < -0.4 is 10.2 Å². The number of aryl methyl sites for hydroxylation is 1. The number of fused-ring (bicyclic) bond motifs is 1. The Bertz CT molecular complexity index is 505. The van der Waals surface area contributed by atoms with Gasteiger partial charge in [-0.25, -0.2) is 9.59 Å². The minimum absolute atomic E-state index is 0.973. The van der Waals surface area contributed by atoms with E-state index >= 15 is 0 Å². The molecule has 1 heterocycles. The zero-order valence-corrected chi connectivity index (χ0v) is 13.1. The Hall–Kier alpha value is -2.08. The number of hydrogen-bond acceptors (Lipinski definition) is 4. The lowest BCUT2D eigenvalue weighted by Crippen LogP contribution is -2.30. The van der Waals surface area contributed by atoms with Crippen molar-refractivity contribution in [2.24, 2.45) is 0 Å². The number of benzene rings is 1. The minimum atomic E-state index is -1.82. The average Bonchev–Trinajstić information content (AvgIpc) is 2.48. The number of rotatable bonds is 4. The third-order valence-electron chi connectivity index (χ3n) is 3.42. The van der Waals surface area contributed by atoms with E-state index in [1.807, 2.05) is 7.05 Å². The molecule has 3 N–H and O–H groups in total. The van der Waals surface area contributed by atoms with E-state index in [2.05, 4.69) is 35.3 Å². The van der Waals surface area contributed by atoms with E-state index in [1.54, 1.807) is 0 Å². The van der Waals surface area contributed by atoms with Crippen LogP contribution in [0.5, 0.6) is 0 Å². The first-order valence-electron chi connectivity index (χ1n) is 7.47. The molecule has 1 aliphatic heterocycles. The number of aliphatic carboxylic acids is 2. The first-order chi connectivity index (χ1) is 10.5. The molecule has 0 atom stereocenters. The Morgan fingerprint density at radius 3 is 2.50 bits per heavy atom. The van der Waals surface area contributed by atoms with Crippen molar-refractivity contribution in [3.63, 3.8) is 0 Å². The molecule has 0 spiro atoms. The largest absolute Gasteiger partial charge is 0.473 e. The van der Waals surface area contributed by atoms with Crippen LogP contribution in [0.4, 0.5) is 5.69 Å². The van der Waals surface area contributed by atoms with Gasteiger partial charge in [0, 0.05) is 25.3 Å². The number of carbonyl (C=O) groups is 2. The van der Waals surface area contributed by atoms with Crippen molar-refractivity contribution in [1.29, 1.82) is 0 Å². The van der Waals surface area contributed by atoms with E-state index in [0.717, 1.165) is 6.54 Å². The highest BCUT2D eigenvalue weighted by molar-refractivity contribution is 6.27. The summed E-state index contributed by atoms with van der Waals surface area (Å²) in [6.07, 6.45) is 3.78. The van der Waals surface area contributed by atoms with Crippen molar-refractivity contribution in [2.45, 2.75) is 32.7 Å². The standard InChI is InChI=1S/C14H22N2.C2H2O4/c1-3-8-16-9-4-5-13-10-12(11-15-2)6-7-14(13)16;3-1(4)2(5)6/h6-7,10,15H,3-5,8-9,11H2,1-2H3;(H,3,4)(H,5,6). The molecule has 1 aliphatic rings. The van der Waals surface area contributed by atoms with E-state index in [-0.39, 0.29) is 0 Å². The van der Waals surface area contributed by atoms with E-state index in [0.29, 0.717) is 0 Å². The maximum atomic E-state index is 9.10. The first-order valence-corrected chi connectivity index (χ1v) is 7.47. The molecule has 1 aromatic rings. The summed E-state index contributed by atoms with van der Waals surface area (Å²) in [5.74, 6) is -3.65. The number of nitrogens with zero attached hydrogens (tertiary/aromatic N) is 1. The van der Waals surface area contributed by atoms with Crippen molar-refractivity contribution in [2.75, 3.05) is 25.0 Å². The molecular formula is C16H24N2O4. The van der Waals surface area contributed by atoms with Gasteiger partial charge in [-0.3, -0.25) is 0 Å². The maximum absolute atomic E-state index is 9.10. The van der Waals surface area contributed by atoms with E-state index in [1.165, 1.54) is 49.2 Å². The monoisotopic (exact) mass is 308 g/mol. The fourth-order valence-corrected chi connectivity index (χ4v) is 2.54. The quantitative estimate of drug-likeness (QED) is 0.734. The molecule has 2 rings (SSSR count). The molecule has 22 heavy (non-hydrogen) atoms. The predicted molar refractivity (Wildman–Crippen MR) is 85.3 cm³/mol. The molecule has 0 fully saturated rings. The second-order valence-electron chi connectivity index (χ2n) is 5.19. The zero-order chi connectivity index (χ0) is 16.5. The van der Waals surface area contributed by atoms with Gasteiger partial charge in [-0.2, -0.15) is 0 Å². The van der Waals surface area contributed by atoms with Crippen LogP contribution in [0.2, 0.25) is 0 Å². The van der Waals surface area contributed by atoms with Gasteiger partial charge in [0.05, 0.1) is 0 Å². The second-order valence-corrected chi connectivity index (χ2v) is 5.19. The summed E-state index contributed by atoms with van der Waals surface area (Å²) in [6, 6.07) is 6.92. The van der Waals surface area contributed by atoms with Crippen LogP contribution in [-0.4, -0.2) is 42.3 Å². The Morgan fingerprint density at radius 1 is 1.27 bits per heavy atom. The van der Waals surface area contributed by atoms with E-state index in [4.69, 9.17) is 19.8 Å². The van der Waals surface area contributed by atoms with Crippen LogP contribution >= 0.6 is 0 Å². The molecule has 0 unspecified atom stereocenters. The number of carboxylic acid groups (broad SMARTS) is 2. The van der Waals surface area contributed by atoms with Gasteiger partial charge in [0.1, 0.15) is 0 Å². The first kappa shape index (κ1) is 18.0. The normalized spacial score (nSPS) is 12.9. The summed E-state index contributed by atoms with van der Waals surface area (Å²) in [5.41, 5.74) is 4.40. The van der Waals surface area contributed by atoms with Gasteiger partial charge in [0.25, 0.3) is 0 Å². The highest BCUT2D eigenvalue weighted by Crippen LogP contribution is 2.28. The molecular weight excluding hydrogens is 284 g/mol. The zero-order valence-electron chi connectivity index (χ0n) is 13.1. The topological polar surface area (TPSA) is 89.9 Å². The van der Waals surface area contributed by atoms with Crippen LogP contribution in [0.1, 0.15) is 30.9 Å². The van der Waals surface area contributed by atoms with Gasteiger partial charge in [-0.05, 0) is 43.5 Å². The van der Waals surface area contributed by atoms with Gasteiger partial charge in [0.15, 0.2) is 0 Å². The molecule has 0 aliphatic carbocycles. The molecule has 0 saturated heterocycles. The fraction of sp³-hybridized carbons (Fsp3) is 0.500. The summed E-state index contributed by atoms with van der Waals surface area (Å²) >= 11 is 0. The predicted octanol–water partition coefficient (Wildman–Crippen LogP) is 1.72. The van der Waals surface area contributed by atoms with Crippen molar-refractivity contribution >= 4 is 17.6 Å². The Kier molecular flexibility index (Phi) is 7.39. The Morgan fingerprint density at radius 2 is 1.95 bits per heavy atom. The average molecular weight is 308 g/mol. The Balaban J connectivity index is 0.000000346. The lowest BCUT2D eigenvalue weighted by atomic mass is 9.99. The number of carboxylic acids is 2. The molecule has 0 amide bonds. The van der Waals surface area contributed by atoms with Crippen molar-refractivity contribution in [3.8, 4) is 0 Å². The third-order valence-corrected chi connectivity index (χ3v) is 3.42. The number of nitrogens with one attached hydrogen (secondary N) is 1. The van der Waals surface area contributed by atoms with Gasteiger partial charge < -0.3 is 20.4 Å². The molecule has 6 heteroatoms. The fourth-order valence-electron chi connectivity index (χ4n) is 2.54. The molecule has 0 saturated carbocycles. The second kappa shape index (κ2) is 9.04. The van der Waals surface area contributed by atoms with Crippen molar-refractivity contribution < 1.29 is 19.8 Å². The van der Waals surface area contributed by atoms with Gasteiger partial charge in [-0.1, -0.05) is 19.1 Å². The van der Waals surface area contributed by atoms with Gasteiger partial charge in [-0.15, -0.1) is 0 Å². The van der Waals surface area contributed by atoms with Crippen molar-refractivity contribution in [3.05, 3.63) is 29.3 Å². The molecule has 0 radical (unpaired) electrons. The van der Waals surface area contributed by atoms with E-state index < -0.39 is 11.9 Å². The lowest BCUT2D eigenvalue weighted by Gasteiger charge is -2.31. The molecule has 0 aromatic heterocycles. The van der Waals surface area contributed by atoms with Gasteiger partial charge in [0.2, 0.25) is 0 Å². The molecule has 0 bridgehead atoms. The summed E-state index contributed by atoms with van der Waals surface area (Å²) in [5, 5.41) is 18.0. The minimum Gasteiger partial charge on any atom is -0.473 e. The van der Waals surface area contributed by atoms with Crippen LogP contribution in [0.15, 0.2) is 18.2 Å². The van der Waals surface area contributed by atoms with Crippen LogP contribution in [0.3, 0.4) is 0 Å². The highest BCUT2D eigenvalue weighted by atomic mass is 16.4. The molecule has 1 aromatic carbocycles. The summed E-state index contributed by atoms with van der Waals surface area (Å²) < 4.78 is 0. The molecule has 6 nitrogen and oxygen atoms in total.